The molecule has 0 spiro atoms. The number of unbranched alkanes of at least 4 members (excludes halogenated alkanes) is 35. The maximum absolute atomic E-state index is 12.9. The van der Waals surface area contributed by atoms with Crippen LogP contribution in [0.2, 0.25) is 0 Å². The van der Waals surface area contributed by atoms with Crippen molar-refractivity contribution in [2.45, 2.75) is 322 Å². The van der Waals surface area contributed by atoms with Crippen molar-refractivity contribution in [3.8, 4) is 0 Å². The van der Waals surface area contributed by atoms with Gasteiger partial charge in [0.15, 0.2) is 6.10 Å². The first-order valence-corrected chi connectivity index (χ1v) is 30.8. The van der Waals surface area contributed by atoms with E-state index in [0.717, 1.165) is 103 Å². The lowest BCUT2D eigenvalue weighted by Gasteiger charge is -2.18. The third-order valence-electron chi connectivity index (χ3n) is 13.5. The second-order valence-corrected chi connectivity index (χ2v) is 20.6. The Bertz CT molecular complexity index is 1280. The van der Waals surface area contributed by atoms with Gasteiger partial charge in [0.2, 0.25) is 0 Å². The van der Waals surface area contributed by atoms with Crippen molar-refractivity contribution >= 4 is 17.9 Å². The summed E-state index contributed by atoms with van der Waals surface area (Å²) in [7, 11) is 0. The molecule has 0 rings (SSSR count). The van der Waals surface area contributed by atoms with E-state index in [-0.39, 0.29) is 31.1 Å². The zero-order valence-corrected chi connectivity index (χ0v) is 47.2. The zero-order valence-electron chi connectivity index (χ0n) is 47.2. The second-order valence-electron chi connectivity index (χ2n) is 20.6. The molecule has 0 aromatic rings. The normalized spacial score (nSPS) is 12.4. The van der Waals surface area contributed by atoms with Gasteiger partial charge in [0.25, 0.3) is 0 Å². The quantitative estimate of drug-likeness (QED) is 0.0261. The highest BCUT2D eigenvalue weighted by molar-refractivity contribution is 5.71. The number of rotatable bonds is 56. The molecular weight excluding hydrogens is 877 g/mol. The van der Waals surface area contributed by atoms with Crippen molar-refractivity contribution in [3.05, 3.63) is 60.8 Å². The number of ether oxygens (including phenoxy) is 3. The Morgan fingerprint density at radius 2 is 0.549 bits per heavy atom. The Balaban J connectivity index is 4.26. The SMILES string of the molecule is CC/C=C\C/C=C\C/C=C\CCCCCCCC(=O)OC(COC(=O)CCCCCCC/C=C\CCCCCC)COC(=O)CCCCCCCCCCCCCCC/C=C\CCCCCCCCCC. The maximum atomic E-state index is 12.9. The highest BCUT2D eigenvalue weighted by Gasteiger charge is 2.19. The molecule has 0 aliphatic carbocycles. The Morgan fingerprint density at radius 3 is 0.887 bits per heavy atom. The van der Waals surface area contributed by atoms with Crippen LogP contribution in [0.15, 0.2) is 60.8 Å². The molecule has 0 amide bonds. The van der Waals surface area contributed by atoms with E-state index in [1.54, 1.807) is 0 Å². The number of carbonyl (C=O) groups excluding carboxylic acids is 3. The zero-order chi connectivity index (χ0) is 51.4. The van der Waals surface area contributed by atoms with Crippen LogP contribution in [0.25, 0.3) is 0 Å². The van der Waals surface area contributed by atoms with Gasteiger partial charge in [0.05, 0.1) is 0 Å². The molecule has 0 aliphatic rings. The molecule has 6 heteroatoms. The Hall–Kier alpha value is -2.89. The summed E-state index contributed by atoms with van der Waals surface area (Å²) >= 11 is 0. The third kappa shape index (κ3) is 57.9. The van der Waals surface area contributed by atoms with Crippen LogP contribution in [0, 0.1) is 0 Å². The fourth-order valence-electron chi connectivity index (χ4n) is 8.86. The van der Waals surface area contributed by atoms with Crippen molar-refractivity contribution in [2.75, 3.05) is 13.2 Å². The number of carbonyl (C=O) groups is 3. The van der Waals surface area contributed by atoms with E-state index >= 15 is 0 Å². The van der Waals surface area contributed by atoms with Crippen LogP contribution < -0.4 is 0 Å². The summed E-state index contributed by atoms with van der Waals surface area (Å²) in [6.45, 7) is 6.52. The molecule has 0 N–H and O–H groups in total. The largest absolute Gasteiger partial charge is 0.462 e. The molecule has 6 nitrogen and oxygen atoms in total. The molecule has 0 aromatic heterocycles. The van der Waals surface area contributed by atoms with E-state index in [4.69, 9.17) is 14.2 Å². The first kappa shape index (κ1) is 68.1. The molecule has 0 bridgehead atoms. The molecular formula is C65H116O6. The second kappa shape index (κ2) is 59.7. The average molecular weight is 994 g/mol. The van der Waals surface area contributed by atoms with Gasteiger partial charge in [-0.05, 0) is 103 Å². The molecule has 1 atom stereocenters. The molecule has 0 heterocycles. The van der Waals surface area contributed by atoms with E-state index in [0.29, 0.717) is 19.3 Å². The monoisotopic (exact) mass is 993 g/mol. The molecule has 0 aliphatic heterocycles. The summed E-state index contributed by atoms with van der Waals surface area (Å²) in [5.74, 6) is -0.896. The molecule has 0 radical (unpaired) electrons. The summed E-state index contributed by atoms with van der Waals surface area (Å²) in [5.41, 5.74) is 0. The molecule has 0 aromatic carbocycles. The van der Waals surface area contributed by atoms with Gasteiger partial charge in [-0.3, -0.25) is 14.4 Å². The van der Waals surface area contributed by atoms with Gasteiger partial charge in [-0.1, -0.05) is 255 Å². The Morgan fingerprint density at radius 1 is 0.296 bits per heavy atom. The van der Waals surface area contributed by atoms with Crippen molar-refractivity contribution in [1.82, 2.24) is 0 Å². The molecule has 0 saturated carbocycles. The van der Waals surface area contributed by atoms with Crippen molar-refractivity contribution in [3.63, 3.8) is 0 Å². The van der Waals surface area contributed by atoms with Crippen LogP contribution in [0.5, 0.6) is 0 Å². The number of hydrogen-bond donors (Lipinski definition) is 0. The van der Waals surface area contributed by atoms with Crippen LogP contribution >= 0.6 is 0 Å². The van der Waals surface area contributed by atoms with Gasteiger partial charge >= 0.3 is 17.9 Å². The standard InChI is InChI=1S/C65H116O6/c1-4-7-10-13-16-19-22-25-27-28-29-30-31-32-33-34-35-36-38-40-43-46-49-52-55-58-64(67)70-61-62(60-69-63(66)57-54-51-48-45-42-39-24-21-18-15-12-9-6-3)71-65(68)59-56-53-50-47-44-41-37-26-23-20-17-14-11-8-5-2/h8,11,17,20-21,24,26,28-29,37,62H,4-7,9-10,12-16,18-19,22-23,25,27,30-36,38-61H2,1-3H3/b11-8-,20-17-,24-21-,29-28-,37-26-. The van der Waals surface area contributed by atoms with Crippen molar-refractivity contribution < 1.29 is 28.6 Å². The highest BCUT2D eigenvalue weighted by Crippen LogP contribution is 2.16. The van der Waals surface area contributed by atoms with Gasteiger partial charge in [-0.25, -0.2) is 0 Å². The topological polar surface area (TPSA) is 78.9 Å². The minimum Gasteiger partial charge on any atom is -0.462 e. The number of esters is 3. The van der Waals surface area contributed by atoms with Crippen LogP contribution in [0.3, 0.4) is 0 Å². The van der Waals surface area contributed by atoms with Crippen LogP contribution in [-0.4, -0.2) is 37.2 Å². The van der Waals surface area contributed by atoms with Crippen molar-refractivity contribution in [1.29, 1.82) is 0 Å². The van der Waals surface area contributed by atoms with Gasteiger partial charge in [-0.2, -0.15) is 0 Å². The van der Waals surface area contributed by atoms with E-state index in [1.807, 2.05) is 0 Å². The van der Waals surface area contributed by atoms with E-state index < -0.39 is 6.10 Å². The summed E-state index contributed by atoms with van der Waals surface area (Å²) in [5, 5.41) is 0. The lowest BCUT2D eigenvalue weighted by molar-refractivity contribution is -0.167. The van der Waals surface area contributed by atoms with Crippen LogP contribution in [-0.2, 0) is 28.6 Å². The first-order chi connectivity index (χ1) is 35.0. The Kier molecular flexibility index (Phi) is 57.2. The minimum atomic E-state index is -0.786. The fourth-order valence-corrected chi connectivity index (χ4v) is 8.86. The molecule has 71 heavy (non-hydrogen) atoms. The summed E-state index contributed by atoms with van der Waals surface area (Å²) in [4.78, 5) is 38.2. The fraction of sp³-hybridized carbons (Fsp3) is 0.800. The lowest BCUT2D eigenvalue weighted by atomic mass is 10.0. The van der Waals surface area contributed by atoms with Gasteiger partial charge < -0.3 is 14.2 Å². The van der Waals surface area contributed by atoms with E-state index in [9.17, 15) is 14.4 Å². The minimum absolute atomic E-state index is 0.0823. The number of hydrogen-bond acceptors (Lipinski definition) is 6. The van der Waals surface area contributed by atoms with E-state index in [2.05, 4.69) is 81.5 Å². The number of allylic oxidation sites excluding steroid dienone is 10. The van der Waals surface area contributed by atoms with Crippen molar-refractivity contribution in [2.24, 2.45) is 0 Å². The third-order valence-corrected chi connectivity index (χ3v) is 13.5. The highest BCUT2D eigenvalue weighted by atomic mass is 16.6. The van der Waals surface area contributed by atoms with Gasteiger partial charge in [-0.15, -0.1) is 0 Å². The predicted molar refractivity (Wildman–Crippen MR) is 307 cm³/mol. The van der Waals surface area contributed by atoms with Gasteiger partial charge in [0, 0.05) is 19.3 Å². The summed E-state index contributed by atoms with van der Waals surface area (Å²) in [6.07, 6.45) is 75.1. The smallest absolute Gasteiger partial charge is 0.306 e. The van der Waals surface area contributed by atoms with Crippen LogP contribution in [0.4, 0.5) is 0 Å². The molecule has 0 saturated heterocycles. The Labute approximate surface area is 440 Å². The summed E-state index contributed by atoms with van der Waals surface area (Å²) < 4.78 is 16.9. The first-order valence-electron chi connectivity index (χ1n) is 30.8. The van der Waals surface area contributed by atoms with E-state index in [1.165, 1.54) is 173 Å². The maximum Gasteiger partial charge on any atom is 0.306 e. The molecule has 0 fully saturated rings. The predicted octanol–water partition coefficient (Wildman–Crippen LogP) is 20.8. The molecule has 412 valence electrons. The lowest BCUT2D eigenvalue weighted by Crippen LogP contribution is -2.30. The van der Waals surface area contributed by atoms with Gasteiger partial charge in [0.1, 0.15) is 13.2 Å². The average Bonchev–Trinajstić information content (AvgIpc) is 3.37. The molecule has 1 unspecified atom stereocenters. The summed E-state index contributed by atoms with van der Waals surface area (Å²) in [6, 6.07) is 0. The van der Waals surface area contributed by atoms with Crippen LogP contribution in [0.1, 0.15) is 316 Å².